The third kappa shape index (κ3) is 2.11. The van der Waals surface area contributed by atoms with Crippen molar-refractivity contribution in [1.29, 1.82) is 0 Å². The van der Waals surface area contributed by atoms with E-state index in [2.05, 4.69) is 10.1 Å². The molecule has 2 heterocycles. The van der Waals surface area contributed by atoms with Crippen LogP contribution < -0.4 is 0 Å². The smallest absolute Gasteiger partial charge is 0.258 e. The number of nitrogens with zero attached hydrogens (tertiary/aromatic N) is 4. The molecule has 0 atom stereocenters. The molecule has 0 N–H and O–H groups in total. The predicted molar refractivity (Wildman–Crippen MR) is 78.2 cm³/mol. The summed E-state index contributed by atoms with van der Waals surface area (Å²) in [5.74, 6) is 0. The van der Waals surface area contributed by atoms with Crippen molar-refractivity contribution in [2.75, 3.05) is 0 Å². The normalized spacial score (nSPS) is 11.7. The molecule has 112 valence electrons. The Morgan fingerprint density at radius 2 is 1.86 bits per heavy atom. The van der Waals surface area contributed by atoms with E-state index in [1.165, 1.54) is 12.1 Å². The molecule has 0 amide bonds. The summed E-state index contributed by atoms with van der Waals surface area (Å²) in [5, 5.41) is 14.5. The van der Waals surface area contributed by atoms with Gasteiger partial charge in [0, 0.05) is 0 Å². The monoisotopic (exact) mass is 338 g/mol. The van der Waals surface area contributed by atoms with Crippen molar-refractivity contribution in [3.05, 3.63) is 57.9 Å². The highest BCUT2D eigenvalue weighted by molar-refractivity contribution is 7.90. The van der Waals surface area contributed by atoms with Crippen molar-refractivity contribution in [3.8, 4) is 0 Å². The van der Waals surface area contributed by atoms with E-state index in [-0.39, 0.29) is 21.0 Å². The Morgan fingerprint density at radius 3 is 2.50 bits per heavy atom. The maximum Gasteiger partial charge on any atom is 0.306 e. The lowest BCUT2D eigenvalue weighted by Gasteiger charge is -2.05. The van der Waals surface area contributed by atoms with Gasteiger partial charge in [-0.25, -0.2) is 4.98 Å². The summed E-state index contributed by atoms with van der Waals surface area (Å²) in [5.41, 5.74) is -0.481. The maximum absolute atomic E-state index is 12.5. The first kappa shape index (κ1) is 14.4. The molecule has 0 aliphatic heterocycles. The molecule has 0 aliphatic carbocycles. The predicted octanol–water partition coefficient (Wildman–Crippen LogP) is 2.23. The molecule has 22 heavy (non-hydrogen) atoms. The quantitative estimate of drug-likeness (QED) is 0.535. The fourth-order valence-electron chi connectivity index (χ4n) is 1.91. The Labute approximate surface area is 129 Å². The van der Waals surface area contributed by atoms with Gasteiger partial charge in [-0.1, -0.05) is 29.8 Å². The number of hydrogen-bond acceptors (Lipinski definition) is 6. The van der Waals surface area contributed by atoms with E-state index in [1.54, 1.807) is 18.2 Å². The van der Waals surface area contributed by atoms with E-state index in [0.717, 1.165) is 12.4 Å². The Bertz CT molecular complexity index is 985. The Balaban J connectivity index is 2.26. The van der Waals surface area contributed by atoms with E-state index in [9.17, 15) is 18.5 Å². The molecule has 0 aliphatic rings. The van der Waals surface area contributed by atoms with Gasteiger partial charge in [0.15, 0.2) is 5.65 Å². The molecule has 3 rings (SSSR count). The zero-order valence-electron chi connectivity index (χ0n) is 10.7. The lowest BCUT2D eigenvalue weighted by Crippen LogP contribution is -2.14. The molecule has 0 saturated carbocycles. The molecular formula is C12H7ClN4O4S. The van der Waals surface area contributed by atoms with Gasteiger partial charge in [-0.05, 0) is 12.1 Å². The second-order valence-electron chi connectivity index (χ2n) is 4.26. The number of nitro groups is 1. The van der Waals surface area contributed by atoms with Gasteiger partial charge < -0.3 is 0 Å². The first-order chi connectivity index (χ1) is 10.4. The van der Waals surface area contributed by atoms with Crippen LogP contribution in [0.15, 0.2) is 47.6 Å². The van der Waals surface area contributed by atoms with Gasteiger partial charge in [-0.3, -0.25) is 10.1 Å². The molecule has 0 saturated heterocycles. The Hall–Kier alpha value is -2.52. The van der Waals surface area contributed by atoms with Crippen molar-refractivity contribution < 1.29 is 13.3 Å². The summed E-state index contributed by atoms with van der Waals surface area (Å²) in [6, 6.07) is 7.65. The fraction of sp³-hybridized carbons (Fsp3) is 0. The minimum absolute atomic E-state index is 0.0243. The first-order valence-electron chi connectivity index (χ1n) is 5.90. The second kappa shape index (κ2) is 5.04. The average molecular weight is 339 g/mol. The van der Waals surface area contributed by atoms with E-state index >= 15 is 0 Å². The van der Waals surface area contributed by atoms with E-state index in [4.69, 9.17) is 11.6 Å². The highest BCUT2D eigenvalue weighted by Gasteiger charge is 2.25. The summed E-state index contributed by atoms with van der Waals surface area (Å²) in [4.78, 5) is 14.0. The summed E-state index contributed by atoms with van der Waals surface area (Å²) < 4.78 is 25.7. The fourth-order valence-corrected chi connectivity index (χ4v) is 3.41. The minimum Gasteiger partial charge on any atom is -0.258 e. The van der Waals surface area contributed by atoms with Crippen molar-refractivity contribution in [2.45, 2.75) is 4.90 Å². The van der Waals surface area contributed by atoms with Crippen molar-refractivity contribution in [1.82, 2.24) is 14.2 Å². The molecular weight excluding hydrogens is 332 g/mol. The van der Waals surface area contributed by atoms with Crippen LogP contribution in [-0.2, 0) is 10.0 Å². The Morgan fingerprint density at radius 1 is 1.18 bits per heavy atom. The molecule has 2 aromatic heterocycles. The summed E-state index contributed by atoms with van der Waals surface area (Å²) in [7, 11) is -3.96. The molecule has 0 radical (unpaired) electrons. The number of fused-ring (bicyclic) bond motifs is 1. The highest BCUT2D eigenvalue weighted by atomic mass is 35.5. The van der Waals surface area contributed by atoms with Crippen LogP contribution in [0.3, 0.4) is 0 Å². The third-order valence-corrected chi connectivity index (χ3v) is 4.94. The molecule has 0 spiro atoms. The van der Waals surface area contributed by atoms with Crippen LogP contribution in [0.25, 0.3) is 11.0 Å². The van der Waals surface area contributed by atoms with Crippen LogP contribution in [0, 0.1) is 10.1 Å². The molecule has 0 bridgehead atoms. The topological polar surface area (TPSA) is 108 Å². The maximum atomic E-state index is 12.5. The van der Waals surface area contributed by atoms with Crippen LogP contribution in [0.5, 0.6) is 0 Å². The lowest BCUT2D eigenvalue weighted by atomic mass is 10.3. The van der Waals surface area contributed by atoms with E-state index in [0.29, 0.717) is 4.09 Å². The van der Waals surface area contributed by atoms with Gasteiger partial charge in [0.1, 0.15) is 11.2 Å². The van der Waals surface area contributed by atoms with Gasteiger partial charge in [-0.2, -0.15) is 13.5 Å². The van der Waals surface area contributed by atoms with Crippen molar-refractivity contribution >= 4 is 38.3 Å². The average Bonchev–Trinajstić information content (AvgIpc) is 2.93. The standard InChI is InChI=1S/C12H7ClN4O4S/c13-11-9-6-15-16(12(9)14-7-10(11)17(18)19)22(20,21)8-4-2-1-3-5-8/h1-7H. The number of aromatic nitrogens is 3. The lowest BCUT2D eigenvalue weighted by molar-refractivity contribution is -0.384. The molecule has 3 aromatic rings. The first-order valence-corrected chi connectivity index (χ1v) is 7.72. The SMILES string of the molecule is O=[N+]([O-])c1cnc2c(cnn2S(=O)(=O)c2ccccc2)c1Cl. The van der Waals surface area contributed by atoms with Crippen LogP contribution in [0.4, 0.5) is 5.69 Å². The van der Waals surface area contributed by atoms with Gasteiger partial charge in [0.25, 0.3) is 10.0 Å². The molecule has 1 aromatic carbocycles. The molecule has 0 fully saturated rings. The van der Waals surface area contributed by atoms with Crippen molar-refractivity contribution in [2.24, 2.45) is 0 Å². The summed E-state index contributed by atoms with van der Waals surface area (Å²) in [6.45, 7) is 0. The van der Waals surface area contributed by atoms with Crippen LogP contribution in [0.2, 0.25) is 5.02 Å². The number of halogens is 1. The van der Waals surface area contributed by atoms with Gasteiger partial charge in [-0.15, -0.1) is 4.09 Å². The zero-order chi connectivity index (χ0) is 15.9. The third-order valence-electron chi connectivity index (χ3n) is 2.95. The van der Waals surface area contributed by atoms with Crippen LogP contribution >= 0.6 is 11.6 Å². The number of hydrogen-bond donors (Lipinski definition) is 0. The number of rotatable bonds is 3. The molecule has 10 heteroatoms. The van der Waals surface area contributed by atoms with Gasteiger partial charge >= 0.3 is 5.69 Å². The minimum atomic E-state index is -3.96. The summed E-state index contributed by atoms with van der Waals surface area (Å²) >= 11 is 5.92. The summed E-state index contributed by atoms with van der Waals surface area (Å²) in [6.07, 6.45) is 2.04. The van der Waals surface area contributed by atoms with E-state index in [1.807, 2.05) is 0 Å². The molecule has 8 nitrogen and oxygen atoms in total. The highest BCUT2D eigenvalue weighted by Crippen LogP contribution is 2.31. The largest absolute Gasteiger partial charge is 0.306 e. The van der Waals surface area contributed by atoms with Crippen LogP contribution in [0.1, 0.15) is 0 Å². The van der Waals surface area contributed by atoms with Crippen LogP contribution in [-0.4, -0.2) is 27.5 Å². The van der Waals surface area contributed by atoms with Gasteiger partial charge in [0.2, 0.25) is 0 Å². The van der Waals surface area contributed by atoms with Crippen molar-refractivity contribution in [3.63, 3.8) is 0 Å². The van der Waals surface area contributed by atoms with Gasteiger partial charge in [0.05, 0.1) is 21.4 Å². The number of pyridine rings is 1. The number of benzene rings is 1. The second-order valence-corrected chi connectivity index (χ2v) is 6.40. The van der Waals surface area contributed by atoms with E-state index < -0.39 is 20.6 Å². The Kier molecular flexibility index (Phi) is 3.30. The molecule has 0 unspecified atom stereocenters. The zero-order valence-corrected chi connectivity index (χ0v) is 12.3.